The highest BCUT2D eigenvalue weighted by atomic mass is 32.1. The molecule has 0 aliphatic carbocycles. The van der Waals surface area contributed by atoms with E-state index >= 15 is 0 Å². The van der Waals surface area contributed by atoms with Gasteiger partial charge in [-0.15, -0.1) is 0 Å². The molecule has 0 fully saturated rings. The van der Waals surface area contributed by atoms with Crippen LogP contribution in [-0.4, -0.2) is 6.29 Å². The molecule has 0 radical (unpaired) electrons. The normalized spacial score (nSPS) is 9.14. The number of benzene rings is 1. The third-order valence-corrected chi connectivity index (χ3v) is 1.10. The van der Waals surface area contributed by atoms with Gasteiger partial charge in [0.1, 0.15) is 6.29 Å². The van der Waals surface area contributed by atoms with Crippen LogP contribution < -0.4 is 0 Å². The number of alkyl halides is 3. The fourth-order valence-electron chi connectivity index (χ4n) is 0.627. The summed E-state index contributed by atoms with van der Waals surface area (Å²) < 4.78 is 35.4. The summed E-state index contributed by atoms with van der Waals surface area (Å²) in [5.41, 5.74) is -0.602. The van der Waals surface area contributed by atoms with Gasteiger partial charge in [0.2, 0.25) is 0 Å². The molecule has 1 aromatic rings. The second-order valence-corrected chi connectivity index (χ2v) is 2.10. The van der Waals surface area contributed by atoms with Crippen LogP contribution in [0.4, 0.5) is 13.2 Å². The molecule has 0 N–H and O–H groups in total. The molecule has 0 unspecified atom stereocenters. The number of hydrogen-bond acceptors (Lipinski definition) is 1. The van der Waals surface area contributed by atoms with Crippen LogP contribution in [0.3, 0.4) is 0 Å². The average Bonchev–Trinajstić information content (AvgIpc) is 2.06. The van der Waals surface area contributed by atoms with Crippen molar-refractivity contribution >= 4 is 19.8 Å². The van der Waals surface area contributed by atoms with Gasteiger partial charge < -0.3 is 4.79 Å². The lowest BCUT2D eigenvalue weighted by molar-refractivity contribution is -0.137. The van der Waals surface area contributed by atoms with Crippen molar-refractivity contribution in [2.45, 2.75) is 13.1 Å². The Labute approximate surface area is 87.4 Å². The van der Waals surface area contributed by atoms with Gasteiger partial charge in [-0.2, -0.15) is 26.7 Å². The Hall–Kier alpha value is -0.970. The van der Waals surface area contributed by atoms with Crippen LogP contribution in [0.25, 0.3) is 0 Å². The average molecular weight is 224 g/mol. The Morgan fingerprint density at radius 3 is 1.71 bits per heavy atom. The van der Waals surface area contributed by atoms with E-state index in [1.54, 1.807) is 6.07 Å². The molecule has 0 atom stereocenters. The predicted octanol–water partition coefficient (Wildman–Crippen LogP) is 3.02. The molecule has 1 nitrogen and oxygen atoms in total. The van der Waals surface area contributed by atoms with E-state index < -0.39 is 11.7 Å². The molecule has 1 aromatic carbocycles. The highest BCUT2D eigenvalue weighted by Gasteiger charge is 2.29. The number of carbonyl (C=O) groups excluding carboxylic acids is 1. The van der Waals surface area contributed by atoms with E-state index in [9.17, 15) is 13.2 Å². The zero-order chi connectivity index (χ0) is 10.3. The van der Waals surface area contributed by atoms with E-state index in [0.29, 0.717) is 0 Å². The van der Waals surface area contributed by atoms with Crippen molar-refractivity contribution in [3.63, 3.8) is 0 Å². The summed E-state index contributed by atoms with van der Waals surface area (Å²) in [5, 5.41) is 0. The highest BCUT2D eigenvalue weighted by Crippen LogP contribution is 2.28. The minimum atomic E-state index is -4.21. The van der Waals surface area contributed by atoms with Gasteiger partial charge in [0, 0.05) is 0 Å². The zero-order valence-corrected chi connectivity index (χ0v) is 8.51. The minimum Gasteiger partial charge on any atom is -0.304 e. The SMILES string of the molecule is CC=O.FC(F)(F)c1ccccc1.S. The number of aldehydes is 1. The first kappa shape index (κ1) is 15.5. The van der Waals surface area contributed by atoms with Crippen LogP contribution in [0.1, 0.15) is 12.5 Å². The maximum absolute atomic E-state index is 11.8. The molecule has 14 heavy (non-hydrogen) atoms. The molecule has 0 bridgehead atoms. The topological polar surface area (TPSA) is 17.1 Å². The Morgan fingerprint density at radius 2 is 1.50 bits per heavy atom. The van der Waals surface area contributed by atoms with Gasteiger partial charge in [-0.05, 0) is 6.92 Å². The molecular weight excluding hydrogens is 213 g/mol. The second kappa shape index (κ2) is 7.44. The molecule has 0 saturated carbocycles. The third-order valence-electron chi connectivity index (χ3n) is 1.10. The fourth-order valence-corrected chi connectivity index (χ4v) is 0.627. The molecule has 80 valence electrons. The van der Waals surface area contributed by atoms with E-state index in [2.05, 4.69) is 0 Å². The number of hydrogen-bond donors (Lipinski definition) is 0. The Balaban J connectivity index is 0. The number of rotatable bonds is 0. The summed E-state index contributed by atoms with van der Waals surface area (Å²) in [4.78, 5) is 8.81. The molecule has 0 amide bonds. The van der Waals surface area contributed by atoms with E-state index in [1.807, 2.05) is 0 Å². The third kappa shape index (κ3) is 6.54. The lowest BCUT2D eigenvalue weighted by Crippen LogP contribution is -2.03. The first-order valence-electron chi connectivity index (χ1n) is 3.54. The van der Waals surface area contributed by atoms with Gasteiger partial charge in [0.15, 0.2) is 0 Å². The number of halogens is 3. The Bertz CT molecular complexity index is 246. The maximum Gasteiger partial charge on any atom is 0.416 e. The van der Waals surface area contributed by atoms with Crippen molar-refractivity contribution in [1.82, 2.24) is 0 Å². The van der Waals surface area contributed by atoms with Crippen molar-refractivity contribution in [1.29, 1.82) is 0 Å². The Morgan fingerprint density at radius 1 is 1.14 bits per heavy atom. The van der Waals surface area contributed by atoms with Crippen molar-refractivity contribution in [2.75, 3.05) is 0 Å². The van der Waals surface area contributed by atoms with E-state index in [4.69, 9.17) is 4.79 Å². The van der Waals surface area contributed by atoms with Crippen LogP contribution in [-0.2, 0) is 11.0 Å². The van der Waals surface area contributed by atoms with Gasteiger partial charge in [0.25, 0.3) is 0 Å². The van der Waals surface area contributed by atoms with E-state index in [0.717, 1.165) is 18.4 Å². The van der Waals surface area contributed by atoms with Crippen molar-refractivity contribution in [3.8, 4) is 0 Å². The minimum absolute atomic E-state index is 0. The fraction of sp³-hybridized carbons (Fsp3) is 0.222. The van der Waals surface area contributed by atoms with Crippen LogP contribution >= 0.6 is 13.5 Å². The summed E-state index contributed by atoms with van der Waals surface area (Å²) in [6.07, 6.45) is -3.46. The lowest BCUT2D eigenvalue weighted by atomic mass is 10.2. The first-order chi connectivity index (χ1) is 6.02. The molecular formula is C9H11F3OS. The van der Waals surface area contributed by atoms with Gasteiger partial charge >= 0.3 is 6.18 Å². The van der Waals surface area contributed by atoms with Crippen LogP contribution in [0.2, 0.25) is 0 Å². The van der Waals surface area contributed by atoms with Crippen molar-refractivity contribution in [3.05, 3.63) is 35.9 Å². The smallest absolute Gasteiger partial charge is 0.304 e. The monoisotopic (exact) mass is 224 g/mol. The standard InChI is InChI=1S/C7H5F3.C2H4O.H2S/c8-7(9,10)6-4-2-1-3-5-6;1-2-3;/h1-5H;2H,1H3;1H2. The maximum atomic E-state index is 11.8. The van der Waals surface area contributed by atoms with Gasteiger partial charge in [-0.1, -0.05) is 30.3 Å². The highest BCUT2D eigenvalue weighted by molar-refractivity contribution is 7.59. The molecule has 0 saturated heterocycles. The van der Waals surface area contributed by atoms with Crippen LogP contribution in [0.5, 0.6) is 0 Å². The summed E-state index contributed by atoms with van der Waals surface area (Å²) in [7, 11) is 0. The van der Waals surface area contributed by atoms with Crippen molar-refractivity contribution in [2.24, 2.45) is 0 Å². The van der Waals surface area contributed by atoms with Gasteiger partial charge in [-0.3, -0.25) is 0 Å². The predicted molar refractivity (Wildman–Crippen MR) is 53.6 cm³/mol. The van der Waals surface area contributed by atoms with Gasteiger partial charge in [0.05, 0.1) is 5.56 Å². The second-order valence-electron chi connectivity index (χ2n) is 2.10. The first-order valence-corrected chi connectivity index (χ1v) is 3.54. The lowest BCUT2D eigenvalue weighted by Gasteiger charge is -2.03. The molecule has 0 aliphatic heterocycles. The molecule has 5 heteroatoms. The van der Waals surface area contributed by atoms with Crippen LogP contribution in [0, 0.1) is 0 Å². The van der Waals surface area contributed by atoms with Gasteiger partial charge in [-0.25, -0.2) is 0 Å². The summed E-state index contributed by atoms with van der Waals surface area (Å²) in [6, 6.07) is 6.36. The summed E-state index contributed by atoms with van der Waals surface area (Å²) in [6.45, 7) is 1.44. The van der Waals surface area contributed by atoms with Crippen LogP contribution in [0.15, 0.2) is 30.3 Å². The Kier molecular flexibility index (Phi) is 8.23. The van der Waals surface area contributed by atoms with Crippen molar-refractivity contribution < 1.29 is 18.0 Å². The van der Waals surface area contributed by atoms with E-state index in [1.165, 1.54) is 19.1 Å². The van der Waals surface area contributed by atoms with E-state index in [-0.39, 0.29) is 13.5 Å². The summed E-state index contributed by atoms with van der Waals surface area (Å²) >= 11 is 0. The molecule has 0 aromatic heterocycles. The quantitative estimate of drug-likeness (QED) is 0.619. The molecule has 1 rings (SSSR count). The molecule has 0 spiro atoms. The zero-order valence-electron chi connectivity index (χ0n) is 7.51. The number of carbonyl (C=O) groups is 1. The molecule has 0 aliphatic rings. The summed E-state index contributed by atoms with van der Waals surface area (Å²) in [5.74, 6) is 0. The molecule has 0 heterocycles. The largest absolute Gasteiger partial charge is 0.416 e.